The van der Waals surface area contributed by atoms with Gasteiger partial charge in [-0.15, -0.1) is 0 Å². The molecule has 0 aromatic carbocycles. The number of aliphatic hydroxyl groups is 2. The van der Waals surface area contributed by atoms with E-state index in [9.17, 15) is 15.0 Å². The van der Waals surface area contributed by atoms with Crippen LogP contribution in [-0.4, -0.2) is 28.3 Å². The summed E-state index contributed by atoms with van der Waals surface area (Å²) in [6, 6.07) is 0. The van der Waals surface area contributed by atoms with E-state index < -0.39 is 18.1 Å². The van der Waals surface area contributed by atoms with E-state index in [1.807, 2.05) is 13.8 Å². The summed E-state index contributed by atoms with van der Waals surface area (Å²) in [5.41, 5.74) is 4.94. The van der Waals surface area contributed by atoms with Gasteiger partial charge in [0.2, 0.25) is 5.91 Å². The smallest absolute Gasteiger partial charge is 0.241 e. The average molecular weight is 269 g/mol. The highest BCUT2D eigenvalue weighted by molar-refractivity contribution is 5.85. The van der Waals surface area contributed by atoms with Gasteiger partial charge in [-0.1, -0.05) is 45.4 Å². The molecule has 1 amide bonds. The maximum absolute atomic E-state index is 10.4. The molecule has 0 aliphatic carbocycles. The summed E-state index contributed by atoms with van der Waals surface area (Å²) < 4.78 is 0. The van der Waals surface area contributed by atoms with Gasteiger partial charge in [0.25, 0.3) is 0 Å². The van der Waals surface area contributed by atoms with E-state index in [1.165, 1.54) is 12.2 Å². The monoisotopic (exact) mass is 269 g/mol. The van der Waals surface area contributed by atoms with Gasteiger partial charge in [0.15, 0.2) is 0 Å². The normalized spacial score (nSPS) is 18.6. The summed E-state index contributed by atoms with van der Waals surface area (Å²) in [6.07, 6.45) is 7.56. The van der Waals surface area contributed by atoms with Crippen LogP contribution < -0.4 is 5.73 Å². The minimum absolute atomic E-state index is 0.175. The lowest BCUT2D eigenvalue weighted by Gasteiger charge is -2.27. The Morgan fingerprint density at radius 2 is 1.89 bits per heavy atom. The fourth-order valence-electron chi connectivity index (χ4n) is 2.03. The van der Waals surface area contributed by atoms with Crippen molar-refractivity contribution < 1.29 is 15.0 Å². The molecule has 0 bridgehead atoms. The van der Waals surface area contributed by atoms with Crippen LogP contribution in [0.2, 0.25) is 0 Å². The molecule has 19 heavy (non-hydrogen) atoms. The predicted octanol–water partition coefficient (Wildman–Crippen LogP) is 1.77. The number of hydrogen-bond donors (Lipinski definition) is 3. The summed E-state index contributed by atoms with van der Waals surface area (Å²) in [7, 11) is 0. The van der Waals surface area contributed by atoms with Crippen molar-refractivity contribution in [3.05, 3.63) is 24.3 Å². The Balaban J connectivity index is 4.18. The van der Waals surface area contributed by atoms with Crippen LogP contribution in [-0.2, 0) is 4.79 Å². The lowest BCUT2D eigenvalue weighted by atomic mass is 9.86. The van der Waals surface area contributed by atoms with Gasteiger partial charge < -0.3 is 15.9 Å². The number of carbonyl (C=O) groups excluding carboxylic acids is 1. The molecule has 0 unspecified atom stereocenters. The minimum atomic E-state index is -0.590. The predicted molar refractivity (Wildman–Crippen MR) is 77.3 cm³/mol. The van der Waals surface area contributed by atoms with E-state index in [0.29, 0.717) is 6.42 Å². The minimum Gasteiger partial charge on any atom is -0.392 e. The molecule has 4 nitrogen and oxygen atoms in total. The third-order valence-corrected chi connectivity index (χ3v) is 3.36. The molecular formula is C15H27NO3. The Morgan fingerprint density at radius 1 is 1.26 bits per heavy atom. The quantitative estimate of drug-likeness (QED) is 0.440. The van der Waals surface area contributed by atoms with E-state index in [4.69, 9.17) is 5.73 Å². The van der Waals surface area contributed by atoms with E-state index in [1.54, 1.807) is 12.2 Å². The Morgan fingerprint density at radius 3 is 2.42 bits per heavy atom. The Bertz CT molecular complexity index is 313. The molecule has 0 spiro atoms. The van der Waals surface area contributed by atoms with Gasteiger partial charge in [0.05, 0.1) is 12.2 Å². The van der Waals surface area contributed by atoms with E-state index >= 15 is 0 Å². The molecule has 0 aliphatic rings. The molecule has 4 atom stereocenters. The van der Waals surface area contributed by atoms with Crippen LogP contribution in [0.5, 0.6) is 0 Å². The number of carbonyl (C=O) groups is 1. The molecule has 0 aliphatic heterocycles. The van der Waals surface area contributed by atoms with Crippen LogP contribution in [0.25, 0.3) is 0 Å². The van der Waals surface area contributed by atoms with Crippen molar-refractivity contribution in [3.63, 3.8) is 0 Å². The lowest BCUT2D eigenvalue weighted by Crippen LogP contribution is -2.33. The molecule has 110 valence electrons. The van der Waals surface area contributed by atoms with Gasteiger partial charge >= 0.3 is 0 Å². The van der Waals surface area contributed by atoms with Crippen LogP contribution in [0.4, 0.5) is 0 Å². The number of amides is 1. The van der Waals surface area contributed by atoms with Crippen LogP contribution in [0.3, 0.4) is 0 Å². The van der Waals surface area contributed by atoms with Gasteiger partial charge in [-0.2, -0.15) is 0 Å². The molecule has 0 aromatic heterocycles. The van der Waals surface area contributed by atoms with Gasteiger partial charge in [-0.25, -0.2) is 0 Å². The molecule has 0 rings (SSSR count). The Hall–Kier alpha value is -1.13. The van der Waals surface area contributed by atoms with Crippen molar-refractivity contribution >= 4 is 5.91 Å². The molecule has 0 fully saturated rings. The topological polar surface area (TPSA) is 83.6 Å². The second-order valence-corrected chi connectivity index (χ2v) is 5.11. The van der Waals surface area contributed by atoms with Crippen molar-refractivity contribution in [2.24, 2.45) is 17.6 Å². The van der Waals surface area contributed by atoms with Crippen LogP contribution in [0.1, 0.15) is 40.0 Å². The second kappa shape index (κ2) is 9.75. The third-order valence-electron chi connectivity index (χ3n) is 3.36. The van der Waals surface area contributed by atoms with Crippen LogP contribution in [0, 0.1) is 11.8 Å². The summed E-state index contributed by atoms with van der Waals surface area (Å²) in [4.78, 5) is 10.4. The molecular weight excluding hydrogens is 242 g/mol. The molecule has 0 saturated heterocycles. The van der Waals surface area contributed by atoms with Crippen LogP contribution in [0.15, 0.2) is 24.3 Å². The first kappa shape index (κ1) is 17.9. The van der Waals surface area contributed by atoms with Crippen molar-refractivity contribution in [1.29, 1.82) is 0 Å². The van der Waals surface area contributed by atoms with Gasteiger partial charge in [-0.05, 0) is 18.8 Å². The molecule has 0 saturated carbocycles. The Labute approximate surface area is 116 Å². The zero-order valence-corrected chi connectivity index (χ0v) is 12.1. The summed E-state index contributed by atoms with van der Waals surface area (Å²) in [6.45, 7) is 5.94. The number of aliphatic hydroxyl groups excluding tert-OH is 2. The van der Waals surface area contributed by atoms with E-state index in [-0.39, 0.29) is 11.8 Å². The molecule has 0 radical (unpaired) electrons. The van der Waals surface area contributed by atoms with Crippen molar-refractivity contribution in [3.8, 4) is 0 Å². The number of allylic oxidation sites excluding steroid dienone is 2. The number of primary amides is 1. The van der Waals surface area contributed by atoms with E-state index in [2.05, 4.69) is 6.92 Å². The fraction of sp³-hybridized carbons (Fsp3) is 0.667. The first-order chi connectivity index (χ1) is 8.90. The summed E-state index contributed by atoms with van der Waals surface area (Å²) in [5.74, 6) is -0.484. The molecule has 4 heteroatoms. The lowest BCUT2D eigenvalue weighted by molar-refractivity contribution is -0.113. The number of nitrogens with two attached hydrogens (primary N) is 1. The zero-order valence-electron chi connectivity index (χ0n) is 12.1. The maximum Gasteiger partial charge on any atom is 0.241 e. The molecule has 4 N–H and O–H groups in total. The van der Waals surface area contributed by atoms with Crippen molar-refractivity contribution in [2.45, 2.75) is 52.2 Å². The number of hydrogen-bond acceptors (Lipinski definition) is 3. The molecule has 0 aromatic rings. The standard InChI is InChI=1S/C15H27NO3/c1-4-8-11(2)15(19)12(3)13(17)9-6-5-7-10-14(16)18/h5-7,10-13,15,17,19H,4,8-9H2,1-3H3,(H2,16,18)/b6-5+,10-7-/t11-,12-,13-,15+/m1/s1. The Kier molecular flexibility index (Phi) is 9.17. The maximum atomic E-state index is 10.4. The summed E-state index contributed by atoms with van der Waals surface area (Å²) in [5, 5.41) is 20.1. The highest BCUT2D eigenvalue weighted by Crippen LogP contribution is 2.21. The largest absolute Gasteiger partial charge is 0.392 e. The fourth-order valence-corrected chi connectivity index (χ4v) is 2.03. The first-order valence-electron chi connectivity index (χ1n) is 6.88. The van der Waals surface area contributed by atoms with Gasteiger partial charge in [0, 0.05) is 12.0 Å². The van der Waals surface area contributed by atoms with Crippen molar-refractivity contribution in [2.75, 3.05) is 0 Å². The molecule has 0 heterocycles. The third kappa shape index (κ3) is 7.80. The SMILES string of the molecule is CCC[C@@H](C)[C@H](O)[C@H](C)[C@H](O)C/C=C/C=C\C(N)=O. The van der Waals surface area contributed by atoms with E-state index in [0.717, 1.165) is 12.8 Å². The van der Waals surface area contributed by atoms with Gasteiger partial charge in [-0.3, -0.25) is 4.79 Å². The van der Waals surface area contributed by atoms with Crippen molar-refractivity contribution in [1.82, 2.24) is 0 Å². The zero-order chi connectivity index (χ0) is 14.8. The number of rotatable bonds is 9. The highest BCUT2D eigenvalue weighted by atomic mass is 16.3. The van der Waals surface area contributed by atoms with Crippen LogP contribution >= 0.6 is 0 Å². The average Bonchev–Trinajstić information content (AvgIpc) is 2.36. The van der Waals surface area contributed by atoms with Gasteiger partial charge in [0.1, 0.15) is 0 Å². The highest BCUT2D eigenvalue weighted by Gasteiger charge is 2.25. The first-order valence-corrected chi connectivity index (χ1v) is 6.88. The summed E-state index contributed by atoms with van der Waals surface area (Å²) >= 11 is 0. The second-order valence-electron chi connectivity index (χ2n) is 5.11.